The molecule has 1 aliphatic rings. The van der Waals surface area contributed by atoms with Crippen LogP contribution in [0.3, 0.4) is 0 Å². The monoisotopic (exact) mass is 424 g/mol. The van der Waals surface area contributed by atoms with Gasteiger partial charge in [0.05, 0.1) is 27.3 Å². The molecule has 6 heteroatoms. The lowest BCUT2D eigenvalue weighted by molar-refractivity contribution is 0.439. The third kappa shape index (κ3) is 3.85. The van der Waals surface area contributed by atoms with Gasteiger partial charge in [-0.05, 0) is 61.5 Å². The molecule has 1 N–H and O–H groups in total. The first kappa shape index (κ1) is 19.2. The zero-order valence-corrected chi connectivity index (χ0v) is 18.0. The number of benzene rings is 3. The molecule has 0 aliphatic carbocycles. The largest absolute Gasteiger partial charge is 0.493 e. The molecule has 0 radical (unpaired) electrons. The Labute approximate surface area is 183 Å². The van der Waals surface area contributed by atoms with Crippen LogP contribution in [0.5, 0.6) is 5.88 Å². The molecule has 5 rings (SSSR count). The van der Waals surface area contributed by atoms with Gasteiger partial charge in [-0.15, -0.1) is 0 Å². The molecule has 0 atom stereocenters. The lowest BCUT2D eigenvalue weighted by Gasteiger charge is -2.06. The first-order valence-electron chi connectivity index (χ1n) is 9.92. The summed E-state index contributed by atoms with van der Waals surface area (Å²) in [6.07, 6.45) is 3.51. The molecule has 0 spiro atoms. The van der Waals surface area contributed by atoms with Gasteiger partial charge in [0.1, 0.15) is 6.34 Å². The molecule has 5 nitrogen and oxygen atoms in total. The third-order valence-electron chi connectivity index (χ3n) is 5.07. The highest BCUT2D eigenvalue weighted by Crippen LogP contribution is 2.26. The Hall–Kier alpha value is -3.77. The van der Waals surface area contributed by atoms with E-state index in [1.807, 2.05) is 86.7 Å². The van der Waals surface area contributed by atoms with Crippen LogP contribution in [0, 0.1) is 13.8 Å². The number of nitrogens with zero attached hydrogens (tertiary/aromatic N) is 4. The van der Waals surface area contributed by atoms with Crippen LogP contribution in [0.2, 0.25) is 0 Å². The molecule has 0 fully saturated rings. The topological polar surface area (TPSA) is 62.2 Å². The van der Waals surface area contributed by atoms with Crippen molar-refractivity contribution in [2.24, 2.45) is 15.0 Å². The Morgan fingerprint density at radius 1 is 0.935 bits per heavy atom. The molecule has 31 heavy (non-hydrogen) atoms. The molecule has 0 unspecified atom stereocenters. The predicted octanol–water partition coefficient (Wildman–Crippen LogP) is 4.22. The number of rotatable bonds is 3. The minimum absolute atomic E-state index is 0.161. The van der Waals surface area contributed by atoms with Crippen molar-refractivity contribution in [2.45, 2.75) is 13.8 Å². The Balaban J connectivity index is 1.71. The van der Waals surface area contributed by atoms with Crippen LogP contribution < -0.4 is 15.4 Å². The summed E-state index contributed by atoms with van der Waals surface area (Å²) >= 11 is 1.44. The first-order valence-corrected chi connectivity index (χ1v) is 10.7. The number of aliphatic imine (C=N–C) groups is 1. The molecular formula is C25H20N4OS. The summed E-state index contributed by atoms with van der Waals surface area (Å²) in [4.78, 5) is 14.7. The lowest BCUT2D eigenvalue weighted by Crippen LogP contribution is -2.11. The maximum Gasteiger partial charge on any atom is 0.215 e. The van der Waals surface area contributed by atoms with Gasteiger partial charge in [0.2, 0.25) is 5.88 Å². The molecule has 3 aromatic carbocycles. The van der Waals surface area contributed by atoms with Gasteiger partial charge in [-0.2, -0.15) is 0 Å². The number of aryl methyl sites for hydroxylation is 2. The summed E-state index contributed by atoms with van der Waals surface area (Å²) in [5.41, 5.74) is 4.88. The smallest absolute Gasteiger partial charge is 0.215 e. The molecule has 1 aromatic heterocycles. The van der Waals surface area contributed by atoms with E-state index in [1.165, 1.54) is 16.9 Å². The van der Waals surface area contributed by atoms with Crippen LogP contribution in [-0.2, 0) is 0 Å². The minimum Gasteiger partial charge on any atom is -0.493 e. The van der Waals surface area contributed by atoms with E-state index in [0.29, 0.717) is 4.80 Å². The van der Waals surface area contributed by atoms with Gasteiger partial charge < -0.3 is 5.11 Å². The van der Waals surface area contributed by atoms with Gasteiger partial charge in [0, 0.05) is 0 Å². The summed E-state index contributed by atoms with van der Waals surface area (Å²) in [5.74, 6) is 0.161. The Kier molecular flexibility index (Phi) is 4.84. The van der Waals surface area contributed by atoms with Crippen LogP contribution in [0.4, 0.5) is 11.4 Å². The number of hydrogen-bond acceptors (Lipinski definition) is 5. The van der Waals surface area contributed by atoms with E-state index in [1.54, 1.807) is 10.9 Å². The Bertz CT molecular complexity index is 1490. The van der Waals surface area contributed by atoms with Crippen LogP contribution in [0.25, 0.3) is 11.8 Å². The van der Waals surface area contributed by atoms with E-state index < -0.39 is 0 Å². The quantitative estimate of drug-likeness (QED) is 0.526. The minimum atomic E-state index is 0.161. The number of fused-ring (bicyclic) bond motifs is 1. The van der Waals surface area contributed by atoms with Crippen molar-refractivity contribution in [3.8, 4) is 11.6 Å². The summed E-state index contributed by atoms with van der Waals surface area (Å²) in [5, 5.41) is 12.9. The first-order chi connectivity index (χ1) is 15.1. The maximum absolute atomic E-state index is 11.1. The van der Waals surface area contributed by atoms with Crippen LogP contribution in [-0.4, -0.2) is 16.0 Å². The molecule has 0 bridgehead atoms. The van der Waals surface area contributed by atoms with E-state index in [9.17, 15) is 5.11 Å². The van der Waals surface area contributed by atoms with Gasteiger partial charge in [-0.1, -0.05) is 52.8 Å². The average Bonchev–Trinajstić information content (AvgIpc) is 3.35. The highest BCUT2D eigenvalue weighted by molar-refractivity contribution is 7.10. The fourth-order valence-electron chi connectivity index (χ4n) is 3.36. The van der Waals surface area contributed by atoms with Crippen LogP contribution in [0.1, 0.15) is 16.0 Å². The van der Waals surface area contributed by atoms with E-state index in [0.717, 1.165) is 38.1 Å². The second kappa shape index (κ2) is 7.81. The number of aromatic nitrogens is 1. The van der Waals surface area contributed by atoms with Gasteiger partial charge in [-0.25, -0.2) is 15.0 Å². The Morgan fingerprint density at radius 2 is 1.65 bits per heavy atom. The fourth-order valence-corrected chi connectivity index (χ4v) is 4.37. The van der Waals surface area contributed by atoms with Crippen LogP contribution in [0.15, 0.2) is 81.7 Å². The molecule has 0 saturated carbocycles. The number of thiazole rings is 1. The molecule has 1 aliphatic heterocycles. The number of aromatic hydroxyl groups is 1. The molecule has 4 aromatic rings. The zero-order chi connectivity index (χ0) is 21.4. The van der Waals surface area contributed by atoms with Crippen molar-refractivity contribution in [1.82, 2.24) is 4.57 Å². The summed E-state index contributed by atoms with van der Waals surface area (Å²) in [6, 6.07) is 21.9. The van der Waals surface area contributed by atoms with Gasteiger partial charge >= 0.3 is 0 Å². The van der Waals surface area contributed by atoms with Gasteiger partial charge in [-0.3, -0.25) is 4.57 Å². The average molecular weight is 425 g/mol. The summed E-state index contributed by atoms with van der Waals surface area (Å²) < 4.78 is 1.79. The van der Waals surface area contributed by atoms with E-state index in [-0.39, 0.29) is 5.88 Å². The summed E-state index contributed by atoms with van der Waals surface area (Å²) in [7, 11) is 0. The van der Waals surface area contributed by atoms with Crippen LogP contribution >= 0.6 is 11.3 Å². The zero-order valence-electron chi connectivity index (χ0n) is 17.1. The van der Waals surface area contributed by atoms with Crippen molar-refractivity contribution >= 4 is 35.1 Å². The van der Waals surface area contributed by atoms with Gasteiger partial charge in [0.15, 0.2) is 4.80 Å². The van der Waals surface area contributed by atoms with Crippen molar-refractivity contribution in [3.63, 3.8) is 0 Å². The highest BCUT2D eigenvalue weighted by atomic mass is 32.1. The normalized spacial score (nSPS) is 13.5. The summed E-state index contributed by atoms with van der Waals surface area (Å²) in [6.45, 7) is 4.09. The molecule has 0 amide bonds. The lowest BCUT2D eigenvalue weighted by atomic mass is 10.2. The third-order valence-corrected chi connectivity index (χ3v) is 6.04. The second-order valence-electron chi connectivity index (χ2n) is 7.46. The van der Waals surface area contributed by atoms with E-state index >= 15 is 0 Å². The van der Waals surface area contributed by atoms with Gasteiger partial charge in [0.25, 0.3) is 0 Å². The highest BCUT2D eigenvalue weighted by Gasteiger charge is 2.13. The van der Waals surface area contributed by atoms with Crippen molar-refractivity contribution in [2.75, 3.05) is 0 Å². The van der Waals surface area contributed by atoms with Crippen molar-refractivity contribution in [1.29, 1.82) is 0 Å². The molecule has 0 saturated heterocycles. The molecule has 2 heterocycles. The standard InChI is InChI=1S/C25H20N4OS/c1-16-3-8-19(9-4-16)28-25-29(20-10-5-17(2)6-11-20)24(30)23(31-25)14-18-7-12-21-22(13-18)27-15-26-21/h3-15,30H,1-2H3/b18-14+,28-25?. The fraction of sp³-hybridized carbons (Fsp3) is 0.0800. The molecule has 152 valence electrons. The predicted molar refractivity (Wildman–Crippen MR) is 125 cm³/mol. The van der Waals surface area contributed by atoms with Crippen molar-refractivity contribution in [3.05, 3.63) is 98.1 Å². The second-order valence-corrected chi connectivity index (χ2v) is 8.47. The SMILES string of the molecule is Cc1ccc(N=c2sc(/C=c3\ccc4c(c3)N=CN=4)c(O)n2-c2ccc(C)cc2)cc1. The van der Waals surface area contributed by atoms with E-state index in [2.05, 4.69) is 9.98 Å². The molecular weight excluding hydrogens is 404 g/mol. The number of hydrogen-bond donors (Lipinski definition) is 1. The Morgan fingerprint density at radius 3 is 2.39 bits per heavy atom. The maximum atomic E-state index is 11.1. The van der Waals surface area contributed by atoms with Crippen molar-refractivity contribution < 1.29 is 5.11 Å². The van der Waals surface area contributed by atoms with E-state index in [4.69, 9.17) is 4.99 Å².